The molecule has 0 saturated heterocycles. The minimum Gasteiger partial charge on any atom is -0.464 e. The Hall–Kier alpha value is -2.31. The van der Waals surface area contributed by atoms with Crippen LogP contribution < -0.4 is 10.6 Å². The van der Waals surface area contributed by atoms with Gasteiger partial charge in [0.1, 0.15) is 12.1 Å². The molecule has 0 heterocycles. The second-order valence-electron chi connectivity index (χ2n) is 8.86. The van der Waals surface area contributed by atoms with E-state index in [1.807, 2.05) is 6.07 Å². The number of fused-ring (bicyclic) bond motifs is 1. The van der Waals surface area contributed by atoms with E-state index < -0.39 is 18.1 Å². The number of nitrogens with one attached hydrogen (secondary N) is 2. The summed E-state index contributed by atoms with van der Waals surface area (Å²) < 4.78 is 5.29. The third-order valence-electron chi connectivity index (χ3n) is 6.57. The Kier molecular flexibility index (Phi) is 8.55. The molecule has 2 aliphatic carbocycles. The van der Waals surface area contributed by atoms with Gasteiger partial charge in [-0.3, -0.25) is 9.59 Å². The molecule has 0 spiro atoms. The number of rotatable bonds is 8. The summed E-state index contributed by atoms with van der Waals surface area (Å²) in [6, 6.07) is 4.87. The predicted molar refractivity (Wildman–Crippen MR) is 123 cm³/mol. The number of hydrogen-bond donors (Lipinski definition) is 2. The summed E-state index contributed by atoms with van der Waals surface area (Å²) in [5.41, 5.74) is 3.75. The molecule has 0 aliphatic heterocycles. The molecule has 0 radical (unpaired) electrons. The van der Waals surface area contributed by atoms with E-state index >= 15 is 0 Å². The van der Waals surface area contributed by atoms with Crippen LogP contribution in [0.15, 0.2) is 18.2 Å². The van der Waals surface area contributed by atoms with Crippen LogP contribution in [0.5, 0.6) is 0 Å². The van der Waals surface area contributed by atoms with Gasteiger partial charge in [0, 0.05) is 6.42 Å². The standard InChI is InChI=1S/C24H35BN2O4/c1-2-31-23(29)20(15-18-13-8-12-16-9-6-7-14-19(16)18)26-22(28)21(27-24(25)30)17-10-4-3-5-11-17/h8,12-13,17,20-21H,2-7,9-11,14-15,25H2,1H3,(H,26,28)(H,27,30)/t20-,21-/m0/s1. The van der Waals surface area contributed by atoms with Crippen molar-refractivity contribution in [1.82, 2.24) is 10.6 Å². The van der Waals surface area contributed by atoms with Crippen LogP contribution in [0.4, 0.5) is 4.79 Å². The highest BCUT2D eigenvalue weighted by Gasteiger charge is 2.33. The number of amides is 2. The molecule has 0 bridgehead atoms. The fraction of sp³-hybridized carbons (Fsp3) is 0.625. The maximum absolute atomic E-state index is 13.2. The lowest BCUT2D eigenvalue weighted by molar-refractivity contribution is -0.147. The highest BCUT2D eigenvalue weighted by atomic mass is 16.5. The predicted octanol–water partition coefficient (Wildman–Crippen LogP) is 2.45. The van der Waals surface area contributed by atoms with Gasteiger partial charge in [-0.25, -0.2) is 4.79 Å². The van der Waals surface area contributed by atoms with Gasteiger partial charge in [0.05, 0.1) is 6.61 Å². The average Bonchev–Trinajstić information content (AvgIpc) is 2.77. The Morgan fingerprint density at radius 3 is 2.52 bits per heavy atom. The lowest BCUT2D eigenvalue weighted by Gasteiger charge is -2.31. The molecular weight excluding hydrogens is 391 g/mol. The summed E-state index contributed by atoms with van der Waals surface area (Å²) in [5.74, 6) is -0.833. The normalized spacial score (nSPS) is 18.4. The number of esters is 1. The Morgan fingerprint density at radius 2 is 1.81 bits per heavy atom. The molecule has 1 fully saturated rings. The van der Waals surface area contributed by atoms with Crippen LogP contribution in [0.1, 0.15) is 68.6 Å². The highest BCUT2D eigenvalue weighted by Crippen LogP contribution is 2.28. The molecule has 0 aromatic heterocycles. The van der Waals surface area contributed by atoms with E-state index in [1.54, 1.807) is 6.92 Å². The van der Waals surface area contributed by atoms with Crippen LogP contribution in [-0.4, -0.2) is 44.2 Å². The zero-order valence-electron chi connectivity index (χ0n) is 18.9. The van der Waals surface area contributed by atoms with Crippen LogP contribution >= 0.6 is 0 Å². The minimum atomic E-state index is -0.763. The first-order chi connectivity index (χ1) is 15.0. The Balaban J connectivity index is 1.79. The van der Waals surface area contributed by atoms with E-state index in [1.165, 1.54) is 25.4 Å². The van der Waals surface area contributed by atoms with Gasteiger partial charge >= 0.3 is 5.97 Å². The van der Waals surface area contributed by atoms with E-state index in [9.17, 15) is 14.4 Å². The third-order valence-corrected chi connectivity index (χ3v) is 6.57. The lowest BCUT2D eigenvalue weighted by atomic mass is 9.82. The second kappa shape index (κ2) is 11.4. The third kappa shape index (κ3) is 6.34. The van der Waals surface area contributed by atoms with Gasteiger partial charge in [0.2, 0.25) is 13.8 Å². The molecule has 2 N–H and O–H groups in total. The number of hydrogen-bond acceptors (Lipinski definition) is 4. The largest absolute Gasteiger partial charge is 0.464 e. The molecule has 168 valence electrons. The second-order valence-corrected chi connectivity index (χ2v) is 8.86. The topological polar surface area (TPSA) is 84.5 Å². The van der Waals surface area contributed by atoms with Crippen molar-refractivity contribution in [2.45, 2.75) is 83.2 Å². The molecule has 6 nitrogen and oxygen atoms in total. The molecule has 1 aromatic rings. The smallest absolute Gasteiger partial charge is 0.328 e. The number of benzene rings is 1. The van der Waals surface area contributed by atoms with Crippen molar-refractivity contribution in [2.24, 2.45) is 5.92 Å². The molecule has 31 heavy (non-hydrogen) atoms. The van der Waals surface area contributed by atoms with Gasteiger partial charge in [0.15, 0.2) is 5.81 Å². The van der Waals surface area contributed by atoms with Crippen molar-refractivity contribution in [3.8, 4) is 0 Å². The SMILES string of the molecule is BC(=O)N[C@H](C(=O)N[C@@H](Cc1cccc2c1CCCC2)C(=O)OCC)C1CCCCC1. The summed E-state index contributed by atoms with van der Waals surface area (Å²) in [7, 11) is 1.43. The zero-order chi connectivity index (χ0) is 22.2. The van der Waals surface area contributed by atoms with Crippen molar-refractivity contribution >= 4 is 25.5 Å². The quantitative estimate of drug-likeness (QED) is 0.494. The monoisotopic (exact) mass is 426 g/mol. The van der Waals surface area contributed by atoms with Crippen LogP contribution in [-0.2, 0) is 33.6 Å². The summed E-state index contributed by atoms with van der Waals surface area (Å²) in [6.07, 6.45) is 9.92. The fourth-order valence-electron chi connectivity index (χ4n) is 5.05. The summed E-state index contributed by atoms with van der Waals surface area (Å²) >= 11 is 0. The van der Waals surface area contributed by atoms with Crippen LogP contribution in [0.2, 0.25) is 0 Å². The molecule has 1 aromatic carbocycles. The van der Waals surface area contributed by atoms with E-state index in [-0.39, 0.29) is 24.2 Å². The van der Waals surface area contributed by atoms with Gasteiger partial charge in [-0.2, -0.15) is 0 Å². The lowest BCUT2D eigenvalue weighted by Crippen LogP contribution is -2.55. The Bertz CT molecular complexity index is 792. The first-order valence-electron chi connectivity index (χ1n) is 11.8. The summed E-state index contributed by atoms with van der Waals surface area (Å²) in [4.78, 5) is 37.8. The van der Waals surface area contributed by atoms with Crippen LogP contribution in [0.3, 0.4) is 0 Å². The van der Waals surface area contributed by atoms with Crippen molar-refractivity contribution in [2.75, 3.05) is 6.61 Å². The van der Waals surface area contributed by atoms with E-state index in [2.05, 4.69) is 22.8 Å². The maximum Gasteiger partial charge on any atom is 0.328 e. The molecule has 2 aliphatic rings. The van der Waals surface area contributed by atoms with Crippen molar-refractivity contribution in [3.05, 3.63) is 34.9 Å². The number of aryl methyl sites for hydroxylation is 1. The molecule has 3 rings (SSSR count). The number of carbonyl (C=O) groups is 3. The van der Waals surface area contributed by atoms with Crippen molar-refractivity contribution in [3.63, 3.8) is 0 Å². The molecule has 7 heteroatoms. The van der Waals surface area contributed by atoms with Gasteiger partial charge in [-0.05, 0) is 68.1 Å². The Labute approximate surface area is 186 Å². The Morgan fingerprint density at radius 1 is 1.06 bits per heavy atom. The number of carbonyl (C=O) groups excluding carboxylic acids is 3. The fourth-order valence-corrected chi connectivity index (χ4v) is 5.05. The minimum absolute atomic E-state index is 0.102. The van der Waals surface area contributed by atoms with E-state index in [0.29, 0.717) is 6.42 Å². The van der Waals surface area contributed by atoms with Gasteiger partial charge in [-0.1, -0.05) is 37.5 Å². The van der Waals surface area contributed by atoms with Gasteiger partial charge < -0.3 is 15.4 Å². The zero-order valence-corrected chi connectivity index (χ0v) is 18.9. The molecule has 2 amide bonds. The molecule has 0 unspecified atom stereocenters. The molecule has 1 saturated carbocycles. The average molecular weight is 426 g/mol. The highest BCUT2D eigenvalue weighted by molar-refractivity contribution is 6.57. The van der Waals surface area contributed by atoms with Crippen LogP contribution in [0, 0.1) is 5.92 Å². The maximum atomic E-state index is 13.2. The first-order valence-corrected chi connectivity index (χ1v) is 11.8. The first kappa shape index (κ1) is 23.4. The summed E-state index contributed by atoms with van der Waals surface area (Å²) in [6.45, 7) is 2.03. The molecular formula is C24H35BN2O4. The summed E-state index contributed by atoms with van der Waals surface area (Å²) in [5, 5.41) is 5.77. The molecule has 2 atom stereocenters. The van der Waals surface area contributed by atoms with Gasteiger partial charge in [0.25, 0.3) is 0 Å². The number of ether oxygens (including phenoxy) is 1. The van der Waals surface area contributed by atoms with E-state index in [4.69, 9.17) is 4.74 Å². The van der Waals surface area contributed by atoms with Gasteiger partial charge in [-0.15, -0.1) is 0 Å². The van der Waals surface area contributed by atoms with Crippen molar-refractivity contribution < 1.29 is 19.1 Å². The van der Waals surface area contributed by atoms with Crippen LogP contribution in [0.25, 0.3) is 0 Å². The van der Waals surface area contributed by atoms with E-state index in [0.717, 1.165) is 56.9 Å². The van der Waals surface area contributed by atoms with Crippen molar-refractivity contribution in [1.29, 1.82) is 0 Å².